The van der Waals surface area contributed by atoms with E-state index in [-0.39, 0.29) is 22.9 Å². The lowest BCUT2D eigenvalue weighted by Gasteiger charge is -2.12. The summed E-state index contributed by atoms with van der Waals surface area (Å²) in [6, 6.07) is 25.3. The number of pyridine rings is 1. The molecule has 0 aliphatic carbocycles. The quantitative estimate of drug-likeness (QED) is 0.187. The van der Waals surface area contributed by atoms with Gasteiger partial charge in [-0.1, -0.05) is 18.2 Å². The van der Waals surface area contributed by atoms with Crippen LogP contribution in [0.3, 0.4) is 0 Å². The number of nitro groups is 1. The zero-order chi connectivity index (χ0) is 26.6. The van der Waals surface area contributed by atoms with Crippen LogP contribution in [0, 0.1) is 15.9 Å². The molecule has 38 heavy (non-hydrogen) atoms. The summed E-state index contributed by atoms with van der Waals surface area (Å²) in [6.45, 7) is 0. The van der Waals surface area contributed by atoms with Crippen LogP contribution in [-0.2, 0) is 0 Å². The van der Waals surface area contributed by atoms with Gasteiger partial charge in [0.15, 0.2) is 0 Å². The first-order chi connectivity index (χ1) is 18.4. The van der Waals surface area contributed by atoms with Gasteiger partial charge in [-0.2, -0.15) is 0 Å². The highest BCUT2D eigenvalue weighted by Crippen LogP contribution is 2.31. The second-order valence-corrected chi connectivity index (χ2v) is 8.28. The van der Waals surface area contributed by atoms with Gasteiger partial charge in [-0.05, 0) is 60.7 Å². The van der Waals surface area contributed by atoms with Crippen LogP contribution in [0.2, 0.25) is 0 Å². The van der Waals surface area contributed by atoms with Crippen LogP contribution in [0.15, 0.2) is 97.1 Å². The van der Waals surface area contributed by atoms with Crippen LogP contribution < -0.4 is 14.8 Å². The first kappa shape index (κ1) is 24.4. The third kappa shape index (κ3) is 5.26. The van der Waals surface area contributed by atoms with Gasteiger partial charge in [0.2, 0.25) is 0 Å². The average molecular weight is 509 g/mol. The predicted molar refractivity (Wildman–Crippen MR) is 141 cm³/mol. The molecular weight excluding hydrogens is 489 g/mol. The van der Waals surface area contributed by atoms with Gasteiger partial charge in [-0.3, -0.25) is 14.9 Å². The topological polar surface area (TPSA) is 104 Å². The summed E-state index contributed by atoms with van der Waals surface area (Å²) < 4.78 is 24.1. The highest BCUT2D eigenvalue weighted by atomic mass is 19.1. The van der Waals surface area contributed by atoms with Gasteiger partial charge in [-0.15, -0.1) is 0 Å². The Hall–Kier alpha value is -5.31. The molecule has 0 aliphatic rings. The number of anilines is 1. The fourth-order valence-electron chi connectivity index (χ4n) is 3.93. The fourth-order valence-corrected chi connectivity index (χ4v) is 3.93. The molecular formula is C29H20FN3O5. The zero-order valence-electron chi connectivity index (χ0n) is 20.1. The number of para-hydroxylation sites is 1. The Bertz CT molecular complexity index is 1650. The van der Waals surface area contributed by atoms with Crippen LogP contribution in [0.4, 0.5) is 15.8 Å². The number of fused-ring (bicyclic) bond motifs is 1. The second kappa shape index (κ2) is 10.4. The van der Waals surface area contributed by atoms with Crippen LogP contribution >= 0.6 is 0 Å². The van der Waals surface area contributed by atoms with Crippen molar-refractivity contribution >= 4 is 28.2 Å². The molecule has 4 aromatic carbocycles. The number of halogens is 1. The number of nitrogens with zero attached hydrogens (tertiary/aromatic N) is 2. The third-order valence-corrected chi connectivity index (χ3v) is 5.76. The van der Waals surface area contributed by atoms with Crippen molar-refractivity contribution < 1.29 is 23.6 Å². The molecule has 0 radical (unpaired) electrons. The average Bonchev–Trinajstić information content (AvgIpc) is 2.93. The van der Waals surface area contributed by atoms with Crippen molar-refractivity contribution in [2.24, 2.45) is 0 Å². The summed E-state index contributed by atoms with van der Waals surface area (Å²) in [7, 11) is 1.58. The van der Waals surface area contributed by atoms with Crippen molar-refractivity contribution in [3.8, 4) is 28.5 Å². The minimum absolute atomic E-state index is 0.111. The van der Waals surface area contributed by atoms with E-state index in [4.69, 9.17) is 14.5 Å². The molecule has 0 spiro atoms. The van der Waals surface area contributed by atoms with E-state index >= 15 is 0 Å². The van der Waals surface area contributed by atoms with Crippen LogP contribution in [0.25, 0.3) is 22.2 Å². The Morgan fingerprint density at radius 2 is 1.61 bits per heavy atom. The maximum Gasteiger partial charge on any atom is 0.275 e. The Balaban J connectivity index is 1.51. The van der Waals surface area contributed by atoms with Crippen molar-refractivity contribution in [3.05, 3.63) is 119 Å². The van der Waals surface area contributed by atoms with Gasteiger partial charge in [0.05, 0.1) is 40.6 Å². The van der Waals surface area contributed by atoms with E-state index in [1.807, 2.05) is 18.2 Å². The molecule has 0 atom stereocenters. The summed E-state index contributed by atoms with van der Waals surface area (Å²) in [4.78, 5) is 29.2. The number of hydrogen-bond donors (Lipinski definition) is 1. The summed E-state index contributed by atoms with van der Waals surface area (Å²) in [6.07, 6.45) is 0. The molecule has 5 aromatic rings. The Labute approximate surface area is 216 Å². The normalized spacial score (nSPS) is 10.7. The first-order valence-electron chi connectivity index (χ1n) is 11.5. The van der Waals surface area contributed by atoms with Gasteiger partial charge in [-0.25, -0.2) is 9.37 Å². The van der Waals surface area contributed by atoms with Gasteiger partial charge >= 0.3 is 0 Å². The summed E-state index contributed by atoms with van der Waals surface area (Å²) >= 11 is 0. The van der Waals surface area contributed by atoms with E-state index in [0.717, 1.165) is 5.56 Å². The monoisotopic (exact) mass is 509 g/mol. The lowest BCUT2D eigenvalue weighted by Crippen LogP contribution is -2.13. The minimum Gasteiger partial charge on any atom is -0.497 e. The molecule has 0 bridgehead atoms. The van der Waals surface area contributed by atoms with E-state index in [1.54, 1.807) is 43.5 Å². The summed E-state index contributed by atoms with van der Waals surface area (Å²) in [5.74, 6) is 0.166. The molecule has 1 amide bonds. The molecule has 0 fully saturated rings. The van der Waals surface area contributed by atoms with E-state index < -0.39 is 16.6 Å². The first-order valence-corrected chi connectivity index (χ1v) is 11.5. The fraction of sp³-hybridized carbons (Fsp3) is 0.0345. The molecule has 8 nitrogen and oxygen atoms in total. The smallest absolute Gasteiger partial charge is 0.275 e. The van der Waals surface area contributed by atoms with Crippen molar-refractivity contribution in [1.29, 1.82) is 0 Å². The maximum atomic E-state index is 13.5. The van der Waals surface area contributed by atoms with Gasteiger partial charge < -0.3 is 14.8 Å². The largest absolute Gasteiger partial charge is 0.497 e. The molecule has 0 saturated heterocycles. The van der Waals surface area contributed by atoms with Crippen LogP contribution in [0.1, 0.15) is 10.4 Å². The molecule has 188 valence electrons. The molecule has 0 aliphatic heterocycles. The van der Waals surface area contributed by atoms with Crippen molar-refractivity contribution in [3.63, 3.8) is 0 Å². The zero-order valence-corrected chi connectivity index (χ0v) is 20.1. The minimum atomic E-state index is -0.587. The number of methoxy groups -OCH3 is 1. The number of carbonyl (C=O) groups is 1. The number of rotatable bonds is 7. The van der Waals surface area contributed by atoms with E-state index in [2.05, 4.69) is 5.32 Å². The van der Waals surface area contributed by atoms with E-state index in [9.17, 15) is 19.3 Å². The number of non-ortho nitro benzene ring substituents is 1. The number of hydrogen-bond acceptors (Lipinski definition) is 6. The molecule has 1 N–H and O–H groups in total. The summed E-state index contributed by atoms with van der Waals surface area (Å²) in [5, 5.41) is 14.9. The maximum absolute atomic E-state index is 13.5. The lowest BCUT2D eigenvalue weighted by atomic mass is 10.0. The second-order valence-electron chi connectivity index (χ2n) is 8.28. The summed E-state index contributed by atoms with van der Waals surface area (Å²) in [5.41, 5.74) is 2.21. The molecule has 1 aromatic heterocycles. The van der Waals surface area contributed by atoms with E-state index in [0.29, 0.717) is 27.9 Å². The Morgan fingerprint density at radius 1 is 0.895 bits per heavy atom. The number of nitro benzene ring substituents is 1. The standard InChI is InChI=1S/C29H20FN3O5/c1-37-22-10-6-18(7-11-22)28-17-26(25-4-2-3-5-27(25)32-28)29(34)31-20-14-21(33(35)36)16-24(15-20)38-23-12-8-19(30)9-13-23/h2-17H,1H3,(H,31,34). The molecule has 5 rings (SSSR count). The van der Waals surface area contributed by atoms with E-state index in [1.165, 1.54) is 42.5 Å². The third-order valence-electron chi connectivity index (χ3n) is 5.76. The Morgan fingerprint density at radius 3 is 2.32 bits per heavy atom. The number of benzene rings is 4. The van der Waals surface area contributed by atoms with Crippen molar-refractivity contribution in [2.75, 3.05) is 12.4 Å². The SMILES string of the molecule is COc1ccc(-c2cc(C(=O)Nc3cc(Oc4ccc(F)cc4)cc([N+](=O)[O-])c3)c3ccccc3n2)cc1. The van der Waals surface area contributed by atoms with Gasteiger partial charge in [0, 0.05) is 23.1 Å². The predicted octanol–water partition coefficient (Wildman–Crippen LogP) is 7.00. The van der Waals surface area contributed by atoms with Gasteiger partial charge in [0.1, 0.15) is 23.1 Å². The number of carbonyl (C=O) groups excluding carboxylic acids is 1. The molecule has 0 saturated carbocycles. The highest BCUT2D eigenvalue weighted by Gasteiger charge is 2.17. The van der Waals surface area contributed by atoms with Crippen LogP contribution in [-0.4, -0.2) is 22.9 Å². The van der Waals surface area contributed by atoms with Crippen molar-refractivity contribution in [1.82, 2.24) is 4.98 Å². The lowest BCUT2D eigenvalue weighted by molar-refractivity contribution is -0.384. The number of amides is 1. The van der Waals surface area contributed by atoms with Crippen LogP contribution in [0.5, 0.6) is 17.2 Å². The Kier molecular flexibility index (Phi) is 6.65. The molecule has 1 heterocycles. The highest BCUT2D eigenvalue weighted by molar-refractivity contribution is 6.13. The number of ether oxygens (including phenoxy) is 2. The molecule has 0 unspecified atom stereocenters. The number of aromatic nitrogens is 1. The molecule has 9 heteroatoms. The number of nitrogens with one attached hydrogen (secondary N) is 1. The van der Waals surface area contributed by atoms with Crippen molar-refractivity contribution in [2.45, 2.75) is 0 Å². The van der Waals surface area contributed by atoms with Gasteiger partial charge in [0.25, 0.3) is 11.6 Å².